The molecule has 1 atom stereocenters. The fourth-order valence-corrected chi connectivity index (χ4v) is 3.88. The van der Waals surface area contributed by atoms with Crippen molar-refractivity contribution in [2.24, 2.45) is 0 Å². The first kappa shape index (κ1) is 26.0. The topological polar surface area (TPSA) is 64.7 Å². The predicted molar refractivity (Wildman–Crippen MR) is 141 cm³/mol. The van der Waals surface area contributed by atoms with Gasteiger partial charge >= 0.3 is 6.03 Å². The summed E-state index contributed by atoms with van der Waals surface area (Å²) in [6.07, 6.45) is 0.733. The molecule has 35 heavy (non-hydrogen) atoms. The number of carbonyl (C=O) groups is 2. The minimum absolute atomic E-state index is 0.0834. The van der Waals surface area contributed by atoms with Gasteiger partial charge in [-0.05, 0) is 67.4 Å². The molecular formula is C27H30ClFN4O2. The van der Waals surface area contributed by atoms with Crippen LogP contribution >= 0.6 is 11.6 Å². The van der Waals surface area contributed by atoms with Gasteiger partial charge in [-0.1, -0.05) is 36.7 Å². The summed E-state index contributed by atoms with van der Waals surface area (Å²) >= 11 is 6.17. The Labute approximate surface area is 210 Å². The number of carbonyl (C=O) groups excluding carboxylic acids is 2. The highest BCUT2D eigenvalue weighted by Gasteiger charge is 2.22. The van der Waals surface area contributed by atoms with Crippen molar-refractivity contribution in [3.63, 3.8) is 0 Å². The Kier molecular flexibility index (Phi) is 8.71. The van der Waals surface area contributed by atoms with E-state index in [9.17, 15) is 14.0 Å². The highest BCUT2D eigenvalue weighted by atomic mass is 35.5. The minimum Gasteiger partial charge on any atom is -0.377 e. The lowest BCUT2D eigenvalue weighted by atomic mass is 10.1. The standard InChI is InChI=1S/C27H30ClFN4O2/c1-5-18(2)33(27(35)31-21-10-8-9-20(29)16-21)17-19-15-22(13-14-25(19)32(3)4)30-26(34)23-11-6-7-12-24(23)28/h6-16,18H,5,17H2,1-4H3,(H,30,34)(H,31,35). The molecule has 8 heteroatoms. The van der Waals surface area contributed by atoms with Gasteiger partial charge in [0.05, 0.1) is 10.6 Å². The number of amides is 3. The highest BCUT2D eigenvalue weighted by molar-refractivity contribution is 6.34. The number of halogens is 2. The lowest BCUT2D eigenvalue weighted by Crippen LogP contribution is -2.41. The van der Waals surface area contributed by atoms with Crippen molar-refractivity contribution in [2.75, 3.05) is 29.6 Å². The zero-order valence-corrected chi connectivity index (χ0v) is 21.1. The molecule has 1 unspecified atom stereocenters. The molecule has 3 rings (SSSR count). The number of benzene rings is 3. The van der Waals surface area contributed by atoms with Crippen LogP contribution in [0.2, 0.25) is 5.02 Å². The number of hydrogen-bond donors (Lipinski definition) is 2. The molecule has 0 aliphatic carbocycles. The molecule has 0 aromatic heterocycles. The van der Waals surface area contributed by atoms with E-state index in [0.29, 0.717) is 28.5 Å². The molecule has 0 fully saturated rings. The van der Waals surface area contributed by atoms with Crippen molar-refractivity contribution in [1.82, 2.24) is 4.90 Å². The Morgan fingerprint density at radius 3 is 2.34 bits per heavy atom. The Bertz CT molecular complexity index is 1200. The van der Waals surface area contributed by atoms with Gasteiger partial charge in [-0.3, -0.25) is 4.79 Å². The summed E-state index contributed by atoms with van der Waals surface area (Å²) in [5.74, 6) is -0.739. The zero-order chi connectivity index (χ0) is 25.5. The molecule has 184 valence electrons. The van der Waals surface area contributed by atoms with E-state index in [2.05, 4.69) is 10.6 Å². The molecule has 3 aromatic carbocycles. The maximum absolute atomic E-state index is 13.6. The van der Waals surface area contributed by atoms with E-state index in [4.69, 9.17) is 11.6 Å². The largest absolute Gasteiger partial charge is 0.377 e. The Balaban J connectivity index is 1.88. The maximum Gasteiger partial charge on any atom is 0.322 e. The van der Waals surface area contributed by atoms with Crippen LogP contribution in [0.15, 0.2) is 66.7 Å². The summed E-state index contributed by atoms with van der Waals surface area (Å²) in [6, 6.07) is 17.8. The van der Waals surface area contributed by atoms with Crippen molar-refractivity contribution < 1.29 is 14.0 Å². The third-order valence-electron chi connectivity index (χ3n) is 5.74. The van der Waals surface area contributed by atoms with Crippen LogP contribution < -0.4 is 15.5 Å². The van der Waals surface area contributed by atoms with Gasteiger partial charge in [0.1, 0.15) is 5.82 Å². The van der Waals surface area contributed by atoms with E-state index >= 15 is 0 Å². The maximum atomic E-state index is 13.6. The van der Waals surface area contributed by atoms with Gasteiger partial charge in [-0.15, -0.1) is 0 Å². The smallest absolute Gasteiger partial charge is 0.322 e. The second-order valence-corrected chi connectivity index (χ2v) is 8.90. The first-order valence-electron chi connectivity index (χ1n) is 11.4. The number of urea groups is 1. The van der Waals surface area contributed by atoms with Crippen LogP contribution in [0.1, 0.15) is 36.2 Å². The molecule has 3 amide bonds. The average Bonchev–Trinajstić information content (AvgIpc) is 2.82. The van der Waals surface area contributed by atoms with Crippen molar-refractivity contribution in [3.05, 3.63) is 88.7 Å². The molecule has 0 aliphatic rings. The molecule has 0 spiro atoms. The van der Waals surface area contributed by atoms with E-state index in [-0.39, 0.29) is 18.0 Å². The molecule has 2 N–H and O–H groups in total. The van der Waals surface area contributed by atoms with Crippen molar-refractivity contribution in [3.8, 4) is 0 Å². The normalized spacial score (nSPS) is 11.5. The molecule has 0 saturated carbocycles. The van der Waals surface area contributed by atoms with Crippen LogP contribution in [-0.4, -0.2) is 37.0 Å². The summed E-state index contributed by atoms with van der Waals surface area (Å²) in [7, 11) is 3.84. The third-order valence-corrected chi connectivity index (χ3v) is 6.07. The fraction of sp³-hybridized carbons (Fsp3) is 0.259. The second-order valence-electron chi connectivity index (χ2n) is 8.50. The van der Waals surface area contributed by atoms with E-state index in [1.165, 1.54) is 12.1 Å². The number of anilines is 3. The minimum atomic E-state index is -0.422. The highest BCUT2D eigenvalue weighted by Crippen LogP contribution is 2.27. The van der Waals surface area contributed by atoms with Crippen LogP contribution in [0.25, 0.3) is 0 Å². The van der Waals surface area contributed by atoms with Gasteiger partial charge in [0, 0.05) is 43.7 Å². The van der Waals surface area contributed by atoms with Crippen molar-refractivity contribution in [2.45, 2.75) is 32.9 Å². The van der Waals surface area contributed by atoms with Crippen molar-refractivity contribution in [1.29, 1.82) is 0 Å². The van der Waals surface area contributed by atoms with Crippen LogP contribution in [0.5, 0.6) is 0 Å². The second kappa shape index (κ2) is 11.7. The SMILES string of the molecule is CCC(C)N(Cc1cc(NC(=O)c2ccccc2Cl)ccc1N(C)C)C(=O)Nc1cccc(F)c1. The average molecular weight is 497 g/mol. The predicted octanol–water partition coefficient (Wildman–Crippen LogP) is 6.63. The molecule has 3 aromatic rings. The Morgan fingerprint density at radius 2 is 1.69 bits per heavy atom. The van der Waals surface area contributed by atoms with E-state index in [1.54, 1.807) is 41.3 Å². The number of nitrogens with one attached hydrogen (secondary N) is 2. The van der Waals surface area contributed by atoms with Gasteiger partial charge < -0.3 is 20.4 Å². The molecule has 0 radical (unpaired) electrons. The Hall–Kier alpha value is -3.58. The summed E-state index contributed by atoms with van der Waals surface area (Å²) in [5, 5.41) is 6.05. The number of hydrogen-bond acceptors (Lipinski definition) is 3. The lowest BCUT2D eigenvalue weighted by Gasteiger charge is -2.31. The molecule has 0 bridgehead atoms. The summed E-state index contributed by atoms with van der Waals surface area (Å²) < 4.78 is 13.6. The summed E-state index contributed by atoms with van der Waals surface area (Å²) in [4.78, 5) is 29.6. The van der Waals surface area contributed by atoms with Gasteiger partial charge in [0.15, 0.2) is 0 Å². The van der Waals surface area contributed by atoms with Crippen molar-refractivity contribution >= 4 is 40.6 Å². The Morgan fingerprint density at radius 1 is 0.971 bits per heavy atom. The first-order chi connectivity index (χ1) is 16.7. The van der Waals surface area contributed by atoms with Gasteiger partial charge in [0.2, 0.25) is 0 Å². The van der Waals surface area contributed by atoms with E-state index in [1.807, 2.05) is 51.0 Å². The first-order valence-corrected chi connectivity index (χ1v) is 11.8. The van der Waals surface area contributed by atoms with Gasteiger partial charge in [-0.2, -0.15) is 0 Å². The number of nitrogens with zero attached hydrogens (tertiary/aromatic N) is 2. The van der Waals surface area contributed by atoms with Crippen LogP contribution in [-0.2, 0) is 6.54 Å². The molecule has 0 heterocycles. The van der Waals surface area contributed by atoms with Crippen LogP contribution in [0.4, 0.5) is 26.2 Å². The van der Waals surface area contributed by atoms with Crippen LogP contribution in [0, 0.1) is 5.82 Å². The molecule has 0 aliphatic heterocycles. The summed E-state index contributed by atoms with van der Waals surface area (Å²) in [5.41, 5.74) is 3.11. The van der Waals surface area contributed by atoms with Gasteiger partial charge in [0.25, 0.3) is 5.91 Å². The fourth-order valence-electron chi connectivity index (χ4n) is 3.66. The number of rotatable bonds is 8. The third kappa shape index (κ3) is 6.73. The molecule has 6 nitrogen and oxygen atoms in total. The molecular weight excluding hydrogens is 467 g/mol. The lowest BCUT2D eigenvalue weighted by molar-refractivity contribution is 0.102. The quantitative estimate of drug-likeness (QED) is 0.368. The van der Waals surface area contributed by atoms with E-state index < -0.39 is 5.82 Å². The van der Waals surface area contributed by atoms with E-state index in [0.717, 1.165) is 17.7 Å². The summed E-state index contributed by atoms with van der Waals surface area (Å²) in [6.45, 7) is 4.25. The zero-order valence-electron chi connectivity index (χ0n) is 20.3. The molecule has 0 saturated heterocycles. The van der Waals surface area contributed by atoms with Crippen LogP contribution in [0.3, 0.4) is 0 Å². The van der Waals surface area contributed by atoms with Gasteiger partial charge in [-0.25, -0.2) is 9.18 Å². The monoisotopic (exact) mass is 496 g/mol.